The van der Waals surface area contributed by atoms with Gasteiger partial charge in [-0.05, 0) is 51.6 Å². The Kier molecular flexibility index (Phi) is 5.20. The molecule has 5 aromatic carbocycles. The van der Waals surface area contributed by atoms with Crippen molar-refractivity contribution in [3.8, 4) is 33.4 Å². The highest BCUT2D eigenvalue weighted by molar-refractivity contribution is 6.88. The van der Waals surface area contributed by atoms with Crippen LogP contribution in [0.3, 0.4) is 0 Å². The largest absolute Gasteiger partial charge is 0.456 e. The topological polar surface area (TPSA) is 13.1 Å². The highest BCUT2D eigenvalue weighted by atomic mass is 28.3. The molecule has 0 bridgehead atoms. The van der Waals surface area contributed by atoms with Crippen molar-refractivity contribution in [1.29, 1.82) is 0 Å². The van der Waals surface area contributed by atoms with Gasteiger partial charge in [-0.15, -0.1) is 0 Å². The number of rotatable bonds is 4. The first-order chi connectivity index (χ1) is 17.0. The van der Waals surface area contributed by atoms with Gasteiger partial charge in [-0.1, -0.05) is 122 Å². The van der Waals surface area contributed by atoms with Crippen LogP contribution in [0.5, 0.6) is 0 Å². The third-order valence-corrected chi connectivity index (χ3v) is 8.96. The normalized spacial score (nSPS) is 11.9. The first-order valence-electron chi connectivity index (χ1n) is 12.2. The molecule has 0 spiro atoms. The van der Waals surface area contributed by atoms with Crippen LogP contribution in [0, 0.1) is 0 Å². The number of benzene rings is 5. The molecule has 0 saturated heterocycles. The molecule has 0 atom stereocenters. The van der Waals surface area contributed by atoms with Crippen molar-refractivity contribution in [1.82, 2.24) is 0 Å². The lowest BCUT2D eigenvalue weighted by atomic mass is 9.97. The minimum atomic E-state index is -1.27. The van der Waals surface area contributed by atoms with Gasteiger partial charge < -0.3 is 4.42 Å². The average Bonchev–Trinajstić information content (AvgIpc) is 3.26. The predicted molar refractivity (Wildman–Crippen MR) is 153 cm³/mol. The molecule has 2 heteroatoms. The number of furan rings is 1. The SMILES string of the molecule is C[Si](C)(C)c1ccc(-c2ccc(-c3ccc(-c4ccc5oc6ccccc6c5c4)cc3)cc2)cc1. The Balaban J connectivity index is 1.25. The molecule has 170 valence electrons. The fraction of sp³-hybridized carbons (Fsp3) is 0.0909. The number of fused-ring (bicyclic) bond motifs is 3. The molecular formula is C33H28OSi. The maximum atomic E-state index is 5.98. The van der Waals surface area contributed by atoms with E-state index >= 15 is 0 Å². The van der Waals surface area contributed by atoms with Crippen LogP contribution in [0.25, 0.3) is 55.3 Å². The third kappa shape index (κ3) is 4.11. The van der Waals surface area contributed by atoms with E-state index in [0.29, 0.717) is 0 Å². The van der Waals surface area contributed by atoms with E-state index in [0.717, 1.165) is 21.9 Å². The second kappa shape index (κ2) is 8.40. The Morgan fingerprint density at radius 1 is 0.429 bits per heavy atom. The van der Waals surface area contributed by atoms with E-state index in [1.165, 1.54) is 38.6 Å². The quantitative estimate of drug-likeness (QED) is 0.235. The lowest BCUT2D eigenvalue weighted by Crippen LogP contribution is -2.37. The molecule has 6 rings (SSSR count). The lowest BCUT2D eigenvalue weighted by Gasteiger charge is -2.16. The Labute approximate surface area is 207 Å². The Morgan fingerprint density at radius 3 is 1.40 bits per heavy atom. The van der Waals surface area contributed by atoms with Crippen molar-refractivity contribution in [3.63, 3.8) is 0 Å². The highest BCUT2D eigenvalue weighted by Gasteiger charge is 2.15. The van der Waals surface area contributed by atoms with Crippen LogP contribution in [-0.4, -0.2) is 8.07 Å². The molecule has 0 radical (unpaired) electrons. The van der Waals surface area contributed by atoms with Gasteiger partial charge in [-0.3, -0.25) is 0 Å². The maximum absolute atomic E-state index is 5.98. The smallest absolute Gasteiger partial charge is 0.135 e. The Hall–Kier alpha value is -3.88. The molecule has 6 aromatic rings. The maximum Gasteiger partial charge on any atom is 0.135 e. The van der Waals surface area contributed by atoms with E-state index in [1.54, 1.807) is 0 Å². The summed E-state index contributed by atoms with van der Waals surface area (Å²) in [7, 11) is -1.27. The average molecular weight is 469 g/mol. The van der Waals surface area contributed by atoms with E-state index in [2.05, 4.69) is 123 Å². The van der Waals surface area contributed by atoms with Gasteiger partial charge in [0, 0.05) is 10.8 Å². The van der Waals surface area contributed by atoms with Crippen LogP contribution in [0.15, 0.2) is 120 Å². The van der Waals surface area contributed by atoms with Gasteiger partial charge in [0.05, 0.1) is 8.07 Å². The van der Waals surface area contributed by atoms with Crippen molar-refractivity contribution in [2.75, 3.05) is 0 Å². The molecule has 1 heterocycles. The molecule has 0 aliphatic rings. The summed E-state index contributed by atoms with van der Waals surface area (Å²) in [6, 6.07) is 41.6. The zero-order chi connectivity index (χ0) is 24.0. The zero-order valence-corrected chi connectivity index (χ0v) is 21.4. The second-order valence-electron chi connectivity index (χ2n) is 10.3. The summed E-state index contributed by atoms with van der Waals surface area (Å²) >= 11 is 0. The van der Waals surface area contributed by atoms with Crippen molar-refractivity contribution >= 4 is 35.2 Å². The van der Waals surface area contributed by atoms with Gasteiger partial charge >= 0.3 is 0 Å². The van der Waals surface area contributed by atoms with E-state index in [4.69, 9.17) is 4.42 Å². The Morgan fingerprint density at radius 2 is 0.857 bits per heavy atom. The fourth-order valence-corrected chi connectivity index (χ4v) is 5.95. The first kappa shape index (κ1) is 21.6. The number of para-hydroxylation sites is 1. The van der Waals surface area contributed by atoms with Crippen molar-refractivity contribution < 1.29 is 4.42 Å². The predicted octanol–water partition coefficient (Wildman–Crippen LogP) is 9.13. The summed E-state index contributed by atoms with van der Waals surface area (Å²) in [5.74, 6) is 0. The van der Waals surface area contributed by atoms with Gasteiger partial charge in [0.2, 0.25) is 0 Å². The molecule has 1 nitrogen and oxygen atoms in total. The van der Waals surface area contributed by atoms with E-state index in [1.807, 2.05) is 12.1 Å². The molecule has 1 aromatic heterocycles. The van der Waals surface area contributed by atoms with Crippen molar-refractivity contribution in [2.24, 2.45) is 0 Å². The molecule has 0 aliphatic heterocycles. The summed E-state index contributed by atoms with van der Waals surface area (Å²) < 4.78 is 5.98. The summed E-state index contributed by atoms with van der Waals surface area (Å²) in [4.78, 5) is 0. The van der Waals surface area contributed by atoms with Crippen LogP contribution >= 0.6 is 0 Å². The summed E-state index contributed by atoms with van der Waals surface area (Å²) in [5.41, 5.74) is 9.27. The minimum absolute atomic E-state index is 0.932. The molecule has 0 saturated carbocycles. The van der Waals surface area contributed by atoms with Gasteiger partial charge in [-0.25, -0.2) is 0 Å². The number of hydrogen-bond donors (Lipinski definition) is 0. The molecule has 0 aliphatic carbocycles. The molecule has 0 amide bonds. The molecule has 35 heavy (non-hydrogen) atoms. The van der Waals surface area contributed by atoms with Gasteiger partial charge in [-0.2, -0.15) is 0 Å². The van der Waals surface area contributed by atoms with E-state index in [-0.39, 0.29) is 0 Å². The highest BCUT2D eigenvalue weighted by Crippen LogP contribution is 2.33. The van der Waals surface area contributed by atoms with Gasteiger partial charge in [0.25, 0.3) is 0 Å². The van der Waals surface area contributed by atoms with E-state index in [9.17, 15) is 0 Å². The summed E-state index contributed by atoms with van der Waals surface area (Å²) in [6.07, 6.45) is 0. The molecule has 0 N–H and O–H groups in total. The fourth-order valence-electron chi connectivity index (χ4n) is 4.78. The minimum Gasteiger partial charge on any atom is -0.456 e. The summed E-state index contributed by atoms with van der Waals surface area (Å²) in [5, 5.41) is 3.82. The molecule has 0 unspecified atom stereocenters. The second-order valence-corrected chi connectivity index (χ2v) is 15.4. The van der Waals surface area contributed by atoms with Gasteiger partial charge in [0.15, 0.2) is 0 Å². The number of hydrogen-bond acceptors (Lipinski definition) is 1. The van der Waals surface area contributed by atoms with Crippen molar-refractivity contribution in [3.05, 3.63) is 115 Å². The Bertz CT molecular complexity index is 1630. The monoisotopic (exact) mass is 468 g/mol. The first-order valence-corrected chi connectivity index (χ1v) is 15.7. The molecular weight excluding hydrogens is 440 g/mol. The van der Waals surface area contributed by atoms with Crippen LogP contribution in [0.2, 0.25) is 19.6 Å². The third-order valence-electron chi connectivity index (χ3n) is 6.90. The van der Waals surface area contributed by atoms with Gasteiger partial charge in [0.1, 0.15) is 11.2 Å². The van der Waals surface area contributed by atoms with Crippen LogP contribution in [-0.2, 0) is 0 Å². The van der Waals surface area contributed by atoms with Crippen molar-refractivity contribution in [2.45, 2.75) is 19.6 Å². The van der Waals surface area contributed by atoms with E-state index < -0.39 is 8.07 Å². The standard InChI is InChI=1S/C33H28OSi/c1-35(2,3)29-19-16-26(17-20-29)25-10-8-23(9-11-25)24-12-14-27(15-13-24)28-18-21-33-31(22-28)30-6-4-5-7-32(30)34-33/h4-22H,1-3H3. The summed E-state index contributed by atoms with van der Waals surface area (Å²) in [6.45, 7) is 7.17. The van der Waals surface area contributed by atoms with Crippen LogP contribution in [0.1, 0.15) is 0 Å². The lowest BCUT2D eigenvalue weighted by molar-refractivity contribution is 0.669. The zero-order valence-electron chi connectivity index (χ0n) is 20.4. The van der Waals surface area contributed by atoms with Crippen LogP contribution < -0.4 is 5.19 Å². The molecule has 0 fully saturated rings. The van der Waals surface area contributed by atoms with Crippen LogP contribution in [0.4, 0.5) is 0 Å².